The predicted octanol–water partition coefficient (Wildman–Crippen LogP) is 2.94. The van der Waals surface area contributed by atoms with Crippen molar-refractivity contribution in [1.29, 1.82) is 0 Å². The van der Waals surface area contributed by atoms with Gasteiger partial charge in [-0.05, 0) is 38.7 Å². The fourth-order valence-electron chi connectivity index (χ4n) is 2.51. The number of nitrogens with zero attached hydrogens (tertiary/aromatic N) is 3. The average molecular weight is 304 g/mol. The summed E-state index contributed by atoms with van der Waals surface area (Å²) in [6.07, 6.45) is 3.65. The van der Waals surface area contributed by atoms with Gasteiger partial charge in [0.15, 0.2) is 5.13 Å². The number of nitrogens with one attached hydrogen (secondary N) is 1. The monoisotopic (exact) mass is 304 g/mol. The lowest BCUT2D eigenvalue weighted by molar-refractivity contribution is -0.116. The molecule has 0 atom stereocenters. The highest BCUT2D eigenvalue weighted by Crippen LogP contribution is 2.40. The number of amides is 1. The SMILES string of the molecule is Cc1nn(C)c(C)c1CCC(=O)Nc1nc(C2CC2)cs1. The molecule has 0 unspecified atom stereocenters. The summed E-state index contributed by atoms with van der Waals surface area (Å²) in [7, 11) is 1.93. The van der Waals surface area contributed by atoms with E-state index in [0.29, 0.717) is 12.3 Å². The number of carbonyl (C=O) groups is 1. The molecular weight excluding hydrogens is 284 g/mol. The van der Waals surface area contributed by atoms with Crippen LogP contribution in [-0.2, 0) is 18.3 Å². The molecule has 1 fully saturated rings. The van der Waals surface area contributed by atoms with Gasteiger partial charge in [-0.25, -0.2) is 4.98 Å². The number of rotatable bonds is 5. The molecule has 1 amide bonds. The first-order valence-electron chi connectivity index (χ1n) is 7.29. The molecule has 0 aromatic carbocycles. The van der Waals surface area contributed by atoms with E-state index < -0.39 is 0 Å². The van der Waals surface area contributed by atoms with Gasteiger partial charge in [0.25, 0.3) is 0 Å². The second-order valence-electron chi connectivity index (χ2n) is 5.67. The van der Waals surface area contributed by atoms with Gasteiger partial charge in [-0.3, -0.25) is 9.48 Å². The van der Waals surface area contributed by atoms with E-state index in [1.807, 2.05) is 25.6 Å². The van der Waals surface area contributed by atoms with Crippen LogP contribution in [0.15, 0.2) is 5.38 Å². The van der Waals surface area contributed by atoms with Crippen LogP contribution in [0.4, 0.5) is 5.13 Å². The number of aromatic nitrogens is 3. The topological polar surface area (TPSA) is 59.8 Å². The Balaban J connectivity index is 1.56. The van der Waals surface area contributed by atoms with Crippen LogP contribution in [0.3, 0.4) is 0 Å². The molecule has 2 heterocycles. The van der Waals surface area contributed by atoms with E-state index in [4.69, 9.17) is 0 Å². The van der Waals surface area contributed by atoms with E-state index in [1.54, 1.807) is 0 Å². The Morgan fingerprint density at radius 2 is 2.24 bits per heavy atom. The summed E-state index contributed by atoms with van der Waals surface area (Å²) in [6, 6.07) is 0. The number of hydrogen-bond acceptors (Lipinski definition) is 4. The van der Waals surface area contributed by atoms with E-state index >= 15 is 0 Å². The van der Waals surface area contributed by atoms with Crippen LogP contribution in [0, 0.1) is 13.8 Å². The molecule has 0 saturated heterocycles. The summed E-state index contributed by atoms with van der Waals surface area (Å²) >= 11 is 1.52. The molecule has 6 heteroatoms. The highest BCUT2D eigenvalue weighted by molar-refractivity contribution is 7.13. The summed E-state index contributed by atoms with van der Waals surface area (Å²) in [6.45, 7) is 4.03. The zero-order chi connectivity index (χ0) is 15.0. The lowest BCUT2D eigenvalue weighted by atomic mass is 10.1. The largest absolute Gasteiger partial charge is 0.302 e. The van der Waals surface area contributed by atoms with Gasteiger partial charge in [0, 0.05) is 30.5 Å². The summed E-state index contributed by atoms with van der Waals surface area (Å²) < 4.78 is 1.87. The number of carbonyl (C=O) groups excluding carboxylic acids is 1. The number of aryl methyl sites for hydroxylation is 2. The number of hydrogen-bond donors (Lipinski definition) is 1. The van der Waals surface area contributed by atoms with Crippen molar-refractivity contribution in [3.63, 3.8) is 0 Å². The van der Waals surface area contributed by atoms with Crippen LogP contribution in [0.2, 0.25) is 0 Å². The van der Waals surface area contributed by atoms with E-state index in [1.165, 1.54) is 29.7 Å². The van der Waals surface area contributed by atoms with Gasteiger partial charge in [-0.2, -0.15) is 5.10 Å². The van der Waals surface area contributed by atoms with Gasteiger partial charge in [-0.15, -0.1) is 11.3 Å². The van der Waals surface area contributed by atoms with E-state index in [9.17, 15) is 4.79 Å². The van der Waals surface area contributed by atoms with Crippen molar-refractivity contribution in [2.75, 3.05) is 5.32 Å². The summed E-state index contributed by atoms with van der Waals surface area (Å²) in [5.74, 6) is 0.655. The van der Waals surface area contributed by atoms with Gasteiger partial charge < -0.3 is 5.32 Å². The molecule has 3 rings (SSSR count). The maximum atomic E-state index is 12.0. The molecule has 1 saturated carbocycles. The molecule has 2 aromatic rings. The Labute approximate surface area is 128 Å². The third-order valence-electron chi connectivity index (χ3n) is 4.02. The molecule has 21 heavy (non-hydrogen) atoms. The normalized spacial score (nSPS) is 14.4. The van der Waals surface area contributed by atoms with Crippen LogP contribution in [0.25, 0.3) is 0 Å². The van der Waals surface area contributed by atoms with Crippen molar-refractivity contribution in [1.82, 2.24) is 14.8 Å². The van der Waals surface area contributed by atoms with Gasteiger partial charge in [0.2, 0.25) is 5.91 Å². The van der Waals surface area contributed by atoms with Crippen LogP contribution < -0.4 is 5.32 Å². The van der Waals surface area contributed by atoms with Crippen molar-refractivity contribution >= 4 is 22.4 Å². The van der Waals surface area contributed by atoms with Crippen molar-refractivity contribution in [2.24, 2.45) is 7.05 Å². The molecule has 0 aliphatic heterocycles. The van der Waals surface area contributed by atoms with Gasteiger partial charge in [0.1, 0.15) is 0 Å². The first kappa shape index (κ1) is 14.3. The molecule has 1 aliphatic rings. The van der Waals surface area contributed by atoms with E-state index in [2.05, 4.69) is 20.8 Å². The first-order valence-corrected chi connectivity index (χ1v) is 8.17. The standard InChI is InChI=1S/C15H20N4OS/c1-9-12(10(2)19(3)18-9)6-7-14(20)17-15-16-13(8-21-15)11-4-5-11/h8,11H,4-7H2,1-3H3,(H,16,17,20). The van der Waals surface area contributed by atoms with Crippen LogP contribution in [-0.4, -0.2) is 20.7 Å². The molecule has 0 spiro atoms. The minimum absolute atomic E-state index is 0.0225. The van der Waals surface area contributed by atoms with E-state index in [-0.39, 0.29) is 5.91 Å². The van der Waals surface area contributed by atoms with Crippen LogP contribution >= 0.6 is 11.3 Å². The Hall–Kier alpha value is -1.69. The van der Waals surface area contributed by atoms with Crippen molar-refractivity contribution < 1.29 is 4.79 Å². The maximum absolute atomic E-state index is 12.0. The lowest BCUT2D eigenvalue weighted by Crippen LogP contribution is -2.12. The fraction of sp³-hybridized carbons (Fsp3) is 0.533. The predicted molar refractivity (Wildman–Crippen MR) is 83.7 cm³/mol. The molecule has 0 bridgehead atoms. The summed E-state index contributed by atoms with van der Waals surface area (Å²) in [5.41, 5.74) is 4.44. The first-order chi connectivity index (χ1) is 10.0. The van der Waals surface area contributed by atoms with Gasteiger partial charge in [0.05, 0.1) is 11.4 Å². The van der Waals surface area contributed by atoms with Crippen molar-refractivity contribution in [2.45, 2.75) is 45.4 Å². The maximum Gasteiger partial charge on any atom is 0.226 e. The van der Waals surface area contributed by atoms with E-state index in [0.717, 1.165) is 28.6 Å². The van der Waals surface area contributed by atoms with Gasteiger partial charge in [-0.1, -0.05) is 0 Å². The molecule has 5 nitrogen and oxygen atoms in total. The lowest BCUT2D eigenvalue weighted by Gasteiger charge is -2.03. The average Bonchev–Trinajstić information content (AvgIpc) is 3.13. The minimum Gasteiger partial charge on any atom is -0.302 e. The minimum atomic E-state index is 0.0225. The Bertz CT molecular complexity index is 669. The number of thiazole rings is 1. The molecular formula is C15H20N4OS. The third kappa shape index (κ3) is 3.15. The molecule has 2 aromatic heterocycles. The summed E-state index contributed by atoms with van der Waals surface area (Å²) in [5, 5.41) is 10.1. The quantitative estimate of drug-likeness (QED) is 0.924. The molecule has 1 N–H and O–H groups in total. The van der Waals surface area contributed by atoms with Gasteiger partial charge >= 0.3 is 0 Å². The highest BCUT2D eigenvalue weighted by atomic mass is 32.1. The zero-order valence-electron chi connectivity index (χ0n) is 12.6. The molecule has 112 valence electrons. The molecule has 1 aliphatic carbocycles. The zero-order valence-corrected chi connectivity index (χ0v) is 13.5. The van der Waals surface area contributed by atoms with Crippen molar-refractivity contribution in [3.05, 3.63) is 28.0 Å². The summed E-state index contributed by atoms with van der Waals surface area (Å²) in [4.78, 5) is 16.5. The second kappa shape index (κ2) is 5.60. The second-order valence-corrected chi connectivity index (χ2v) is 6.53. The Morgan fingerprint density at radius 3 is 2.86 bits per heavy atom. The fourth-order valence-corrected chi connectivity index (χ4v) is 3.32. The van der Waals surface area contributed by atoms with Crippen LogP contribution in [0.1, 0.15) is 47.8 Å². The third-order valence-corrected chi connectivity index (χ3v) is 4.80. The Morgan fingerprint density at radius 1 is 1.48 bits per heavy atom. The van der Waals surface area contributed by atoms with Crippen LogP contribution in [0.5, 0.6) is 0 Å². The Kier molecular flexibility index (Phi) is 3.80. The van der Waals surface area contributed by atoms with Crippen molar-refractivity contribution in [3.8, 4) is 0 Å². The molecule has 0 radical (unpaired) electrons. The smallest absolute Gasteiger partial charge is 0.226 e. The highest BCUT2D eigenvalue weighted by Gasteiger charge is 2.26. The number of anilines is 1.